The van der Waals surface area contributed by atoms with Crippen LogP contribution >= 0.6 is 0 Å². The van der Waals surface area contributed by atoms with Crippen molar-refractivity contribution < 1.29 is 18.9 Å². The summed E-state index contributed by atoms with van der Waals surface area (Å²) in [7, 11) is 0. The van der Waals surface area contributed by atoms with E-state index in [0.717, 1.165) is 0 Å². The minimum atomic E-state index is -0.232. The van der Waals surface area contributed by atoms with E-state index in [2.05, 4.69) is 6.58 Å². The highest BCUT2D eigenvalue weighted by atomic mass is 16.7. The van der Waals surface area contributed by atoms with Gasteiger partial charge in [0.1, 0.15) is 31.8 Å². The van der Waals surface area contributed by atoms with Crippen LogP contribution in [-0.4, -0.2) is 26.4 Å². The van der Waals surface area contributed by atoms with Gasteiger partial charge in [-0.1, -0.05) is 0 Å². The molecule has 2 heterocycles. The second kappa shape index (κ2) is 2.82. The van der Waals surface area contributed by atoms with Crippen molar-refractivity contribution in [1.82, 2.24) is 0 Å². The highest BCUT2D eigenvalue weighted by Gasteiger charge is 2.43. The number of ether oxygens (including phenoxy) is 4. The van der Waals surface area contributed by atoms with E-state index in [9.17, 15) is 0 Å². The Kier molecular flexibility index (Phi) is 1.78. The summed E-state index contributed by atoms with van der Waals surface area (Å²) in [5, 5.41) is 0. The van der Waals surface area contributed by atoms with Crippen LogP contribution in [-0.2, 0) is 18.9 Å². The van der Waals surface area contributed by atoms with Crippen molar-refractivity contribution in [1.29, 1.82) is 0 Å². The maximum absolute atomic E-state index is 5.33. The van der Waals surface area contributed by atoms with Crippen LogP contribution in [0.2, 0.25) is 0 Å². The molecule has 2 rings (SSSR count). The fourth-order valence-corrected chi connectivity index (χ4v) is 1.25. The monoisotopic (exact) mass is 183 g/mol. The molecule has 2 saturated heterocycles. The van der Waals surface area contributed by atoms with Crippen LogP contribution in [0.3, 0.4) is 0 Å². The minimum Gasteiger partial charge on any atom is -0.465 e. The molecule has 0 bridgehead atoms. The van der Waals surface area contributed by atoms with Crippen molar-refractivity contribution >= 4 is 0 Å². The minimum absolute atomic E-state index is 0.120. The summed E-state index contributed by atoms with van der Waals surface area (Å²) in [4.78, 5) is 0. The fourth-order valence-electron chi connectivity index (χ4n) is 1.25. The molecule has 0 unspecified atom stereocenters. The van der Waals surface area contributed by atoms with Crippen molar-refractivity contribution in [3.8, 4) is 0 Å². The summed E-state index contributed by atoms with van der Waals surface area (Å²) in [6.45, 7) is 10.8. The average Bonchev–Trinajstić information content (AvgIpc) is 2.16. The van der Waals surface area contributed by atoms with Gasteiger partial charge in [0.05, 0.1) is 0 Å². The third kappa shape index (κ3) is 1.53. The Morgan fingerprint density at radius 1 is 1.00 bits per heavy atom. The van der Waals surface area contributed by atoms with Gasteiger partial charge in [0.2, 0.25) is 0 Å². The van der Waals surface area contributed by atoms with E-state index in [1.54, 1.807) is 0 Å². The second-order valence-corrected chi connectivity index (χ2v) is 3.35. The molecule has 0 saturated carbocycles. The first kappa shape index (κ1) is 8.20. The van der Waals surface area contributed by atoms with Gasteiger partial charge in [-0.05, 0) is 6.58 Å². The fraction of sp³-hybridized carbons (Fsp3) is 0.556. The normalized spacial score (nSPS) is 25.5. The van der Waals surface area contributed by atoms with E-state index >= 15 is 0 Å². The highest BCUT2D eigenvalue weighted by Crippen LogP contribution is 2.30. The average molecular weight is 183 g/mol. The van der Waals surface area contributed by atoms with E-state index in [-0.39, 0.29) is 11.4 Å². The lowest BCUT2D eigenvalue weighted by Gasteiger charge is -2.37. The summed E-state index contributed by atoms with van der Waals surface area (Å²) in [5.74, 6) is 0.475. The molecule has 0 atom stereocenters. The van der Waals surface area contributed by atoms with E-state index < -0.39 is 0 Å². The van der Waals surface area contributed by atoms with Crippen molar-refractivity contribution in [3.63, 3.8) is 0 Å². The van der Waals surface area contributed by atoms with Crippen molar-refractivity contribution in [3.05, 3.63) is 25.0 Å². The molecule has 0 aliphatic carbocycles. The summed E-state index contributed by atoms with van der Waals surface area (Å²) in [6, 6.07) is 0. The molecule has 0 radical (unpaired) electrons. The number of hydrogen-bond donors (Lipinski definition) is 0. The zero-order valence-corrected chi connectivity index (χ0v) is 7.25. The van der Waals surface area contributed by atoms with Crippen LogP contribution in [0.25, 0.3) is 0 Å². The Morgan fingerprint density at radius 3 is 2.00 bits per heavy atom. The smallest absolute Gasteiger partial charge is 0.465 e. The van der Waals surface area contributed by atoms with Gasteiger partial charge in [0.25, 0.3) is 5.95 Å². The molecule has 2 fully saturated rings. The van der Waals surface area contributed by atoms with Crippen LogP contribution in [0.1, 0.15) is 0 Å². The maximum atomic E-state index is 5.33. The first-order valence-electron chi connectivity index (χ1n) is 4.03. The van der Waals surface area contributed by atoms with E-state index in [4.69, 9.17) is 25.5 Å². The zero-order chi connectivity index (χ0) is 9.31. The molecular formula is C9H11O4+. The Labute approximate surface area is 76.7 Å². The summed E-state index contributed by atoms with van der Waals surface area (Å²) < 4.78 is 20.5. The lowest BCUT2D eigenvalue weighted by atomic mass is 9.91. The van der Waals surface area contributed by atoms with Gasteiger partial charge in [0.15, 0.2) is 0 Å². The van der Waals surface area contributed by atoms with Gasteiger partial charge in [-0.3, -0.25) is 0 Å². The van der Waals surface area contributed by atoms with Gasteiger partial charge in [-0.15, -0.1) is 0 Å². The number of hydrogen-bond acceptors (Lipinski definition) is 4. The van der Waals surface area contributed by atoms with Crippen LogP contribution in [0.5, 0.6) is 0 Å². The summed E-state index contributed by atoms with van der Waals surface area (Å²) in [6.07, 6.45) is 0. The molecule has 0 aromatic rings. The molecular weight excluding hydrogens is 172 g/mol. The molecule has 0 amide bonds. The van der Waals surface area contributed by atoms with E-state index in [1.807, 2.05) is 0 Å². The van der Waals surface area contributed by atoms with E-state index in [0.29, 0.717) is 32.4 Å². The lowest BCUT2D eigenvalue weighted by molar-refractivity contribution is -0.184. The molecule has 1 spiro atoms. The van der Waals surface area contributed by atoms with Crippen molar-refractivity contribution in [2.75, 3.05) is 26.4 Å². The predicted octanol–water partition coefficient (Wildman–Crippen LogP) is 0.812. The van der Waals surface area contributed by atoms with Gasteiger partial charge in [-0.2, -0.15) is 0 Å². The first-order chi connectivity index (χ1) is 6.20. The highest BCUT2D eigenvalue weighted by molar-refractivity contribution is 4.91. The van der Waals surface area contributed by atoms with Gasteiger partial charge < -0.3 is 18.9 Å². The second-order valence-electron chi connectivity index (χ2n) is 3.35. The molecule has 0 aromatic heterocycles. The first-order valence-corrected chi connectivity index (χ1v) is 4.03. The molecule has 4 heteroatoms. The van der Waals surface area contributed by atoms with E-state index in [1.165, 1.54) is 0 Å². The van der Waals surface area contributed by atoms with Crippen molar-refractivity contribution in [2.24, 2.45) is 5.41 Å². The summed E-state index contributed by atoms with van der Waals surface area (Å²) >= 11 is 0. The van der Waals surface area contributed by atoms with Crippen LogP contribution in [0.15, 0.2) is 18.5 Å². The van der Waals surface area contributed by atoms with Crippen molar-refractivity contribution in [2.45, 2.75) is 0 Å². The molecule has 0 aromatic carbocycles. The Morgan fingerprint density at radius 2 is 1.46 bits per heavy atom. The Hall–Kier alpha value is -1.41. The zero-order valence-electron chi connectivity index (χ0n) is 7.25. The van der Waals surface area contributed by atoms with Crippen LogP contribution < -0.4 is 0 Å². The lowest BCUT2D eigenvalue weighted by Crippen LogP contribution is -2.46. The topological polar surface area (TPSA) is 36.9 Å². The molecule has 2 aliphatic rings. The largest absolute Gasteiger partial charge is 0.539 e. The Bertz CT molecular complexity index is 196. The molecule has 2 aliphatic heterocycles. The standard InChI is InChI=1S/C9H11O4/c1-7-10-3-9(4-11-7)5-12-8(2)13-6-9/h1H,2-6H2/q+1. The molecule has 70 valence electrons. The maximum Gasteiger partial charge on any atom is 0.539 e. The van der Waals surface area contributed by atoms with Gasteiger partial charge >= 0.3 is 12.5 Å². The van der Waals surface area contributed by atoms with Gasteiger partial charge in [0, 0.05) is 0 Å². The SMILES string of the molecule is [CH+]=C1OCC2(CO1)COC(=C)OC2. The molecule has 0 N–H and O–H groups in total. The Balaban J connectivity index is 1.98. The summed E-state index contributed by atoms with van der Waals surface area (Å²) in [5.41, 5.74) is -0.232. The molecule has 4 nitrogen and oxygen atoms in total. The number of rotatable bonds is 0. The third-order valence-corrected chi connectivity index (χ3v) is 2.12. The van der Waals surface area contributed by atoms with Crippen LogP contribution in [0, 0.1) is 12.0 Å². The molecule has 13 heavy (non-hydrogen) atoms. The third-order valence-electron chi connectivity index (χ3n) is 2.12. The predicted molar refractivity (Wildman–Crippen MR) is 43.2 cm³/mol. The van der Waals surface area contributed by atoms with Gasteiger partial charge in [-0.25, -0.2) is 0 Å². The quantitative estimate of drug-likeness (QED) is 0.521. The van der Waals surface area contributed by atoms with Crippen LogP contribution in [0.4, 0.5) is 0 Å².